The van der Waals surface area contributed by atoms with Crippen LogP contribution in [-0.2, 0) is 67.0 Å². The van der Waals surface area contributed by atoms with E-state index in [2.05, 4.69) is 16.0 Å². The first-order chi connectivity index (χ1) is 48.6. The van der Waals surface area contributed by atoms with Crippen LogP contribution in [0, 0.1) is 35.5 Å². The minimum atomic E-state index is -4.52. The third kappa shape index (κ3) is 20.4. The van der Waals surface area contributed by atoms with Crippen molar-refractivity contribution in [3.05, 3.63) is 0 Å². The molecule has 103 heavy (non-hydrogen) atoms. The summed E-state index contributed by atoms with van der Waals surface area (Å²) in [5.41, 5.74) is -1.54. The van der Waals surface area contributed by atoms with Gasteiger partial charge in [-0.15, -0.1) is 11.6 Å². The number of likely N-dealkylation sites (N-methyl/N-ethyl adjacent to an activating group) is 5. The molecular weight excluding hydrogens is 1360 g/mol. The van der Waals surface area contributed by atoms with E-state index in [0.29, 0.717) is 44.9 Å². The zero-order valence-electron chi connectivity index (χ0n) is 63.2. The fourth-order valence-electron chi connectivity index (χ4n) is 15.9. The van der Waals surface area contributed by atoms with Crippen LogP contribution < -0.4 is 16.0 Å². The van der Waals surface area contributed by atoms with Crippen molar-refractivity contribution in [2.24, 2.45) is 35.5 Å². The summed E-state index contributed by atoms with van der Waals surface area (Å²) in [5.74, 6) is -10.8. The second-order valence-electron chi connectivity index (χ2n) is 31.1. The Kier molecular flexibility index (Phi) is 30.3. The molecule has 4 aliphatic heterocycles. The molecule has 26 nitrogen and oxygen atoms in total. The van der Waals surface area contributed by atoms with Gasteiger partial charge in [0, 0.05) is 79.9 Å². The van der Waals surface area contributed by atoms with Crippen molar-refractivity contribution in [3.8, 4) is 0 Å². The van der Waals surface area contributed by atoms with Gasteiger partial charge in [0.1, 0.15) is 59.9 Å². The van der Waals surface area contributed by atoms with E-state index in [4.69, 9.17) is 21.1 Å². The van der Waals surface area contributed by atoms with E-state index < -0.39 is 173 Å². The predicted molar refractivity (Wildman–Crippen MR) is 378 cm³/mol. The zero-order valence-corrected chi connectivity index (χ0v) is 64.0. The number of nitrogens with one attached hydrogen (secondary N) is 3. The van der Waals surface area contributed by atoms with Crippen molar-refractivity contribution in [2.45, 2.75) is 255 Å². The standard InChI is InChI=1S/C73H118ClF3N12O14/c1-14-31-87-57(43-103-36-28-44(3)4)66(96)81(9)42-58(90)78-52(26-24-48-23-25-50(51(74)40-48)73(75,76)77)65(95)88-32-18-22-53(88)63(93)80-72(29-19-30-72)71(101)85(13)61(49-20-16-17-21-49)70(100)84(12)56(67(97)86-34-37-102-38-35-86)41-59(91)83(11)55(39-45(5)6)62(92)79-60(46(7)15-2)69(99)82(10)47(8)64(94)89-33-27-54(89)68(87)98/h44-57,60-61H,14-43H2,1-13H3,(H,78,90)(H,79,92)(H,80,93)/t46-,47-,48?,50?,51?,52-,53-,54-,55-,56-,57-,60-,61-/m0/s1. The number of alkyl halides is 4. The highest BCUT2D eigenvalue weighted by Gasteiger charge is 2.54. The van der Waals surface area contributed by atoms with E-state index in [1.165, 1.54) is 81.4 Å². The normalized spacial score (nSPS) is 30.2. The minimum Gasteiger partial charge on any atom is -0.379 e. The number of morpholine rings is 1. The van der Waals surface area contributed by atoms with Crippen LogP contribution in [0.25, 0.3) is 0 Å². The molecular formula is C73H118ClF3N12O14. The van der Waals surface area contributed by atoms with E-state index in [1.807, 2.05) is 41.5 Å². The number of fused-ring (bicyclic) bond motifs is 2. The number of hydrogen-bond acceptors (Lipinski definition) is 14. The minimum absolute atomic E-state index is 0.0141. The van der Waals surface area contributed by atoms with Crippen LogP contribution in [-0.4, -0.2) is 287 Å². The van der Waals surface area contributed by atoms with Crippen LogP contribution in [0.5, 0.6) is 0 Å². The summed E-state index contributed by atoms with van der Waals surface area (Å²) in [6.07, 6.45) is 0.429. The monoisotopic (exact) mass is 1480 g/mol. The van der Waals surface area contributed by atoms with Gasteiger partial charge < -0.3 is 69.5 Å². The molecule has 13 atom stereocenters. The Bertz CT molecular complexity index is 3010. The number of halogens is 4. The molecule has 0 aromatic carbocycles. The highest BCUT2D eigenvalue weighted by molar-refractivity contribution is 6.21. The van der Waals surface area contributed by atoms with Crippen LogP contribution in [0.4, 0.5) is 13.2 Å². The lowest BCUT2D eigenvalue weighted by molar-refractivity contribution is -0.182. The van der Waals surface area contributed by atoms with E-state index >= 15 is 38.4 Å². The largest absolute Gasteiger partial charge is 0.393 e. The number of rotatable bonds is 16. The first-order valence-corrected chi connectivity index (χ1v) is 38.3. The van der Waals surface area contributed by atoms with E-state index in [-0.39, 0.29) is 141 Å². The molecule has 582 valence electrons. The quantitative estimate of drug-likeness (QED) is 0.136. The molecule has 3 saturated carbocycles. The Morgan fingerprint density at radius 3 is 1.91 bits per heavy atom. The van der Waals surface area contributed by atoms with Gasteiger partial charge in [0.05, 0.1) is 38.7 Å². The van der Waals surface area contributed by atoms with Gasteiger partial charge in [0.25, 0.3) is 0 Å². The van der Waals surface area contributed by atoms with Crippen molar-refractivity contribution in [2.75, 3.05) is 101 Å². The summed E-state index contributed by atoms with van der Waals surface area (Å²) in [6, 6.07) is -11.2. The van der Waals surface area contributed by atoms with E-state index in [0.717, 1.165) is 17.7 Å². The summed E-state index contributed by atoms with van der Waals surface area (Å²) in [7, 11) is 7.14. The number of hydrogen-bond donors (Lipinski definition) is 3. The summed E-state index contributed by atoms with van der Waals surface area (Å²) in [4.78, 5) is 193. The lowest BCUT2D eigenvalue weighted by Gasteiger charge is -2.47. The maximum Gasteiger partial charge on any atom is 0.393 e. The molecule has 1 spiro atoms. The zero-order chi connectivity index (χ0) is 76.1. The van der Waals surface area contributed by atoms with Crippen molar-refractivity contribution in [1.29, 1.82) is 0 Å². The molecule has 3 unspecified atom stereocenters. The topological polar surface area (TPSA) is 289 Å². The third-order valence-corrected chi connectivity index (χ3v) is 23.5. The van der Waals surface area contributed by atoms with Crippen molar-refractivity contribution in [3.63, 3.8) is 0 Å². The summed E-state index contributed by atoms with van der Waals surface area (Å²) in [5, 5.41) is 7.54. The van der Waals surface area contributed by atoms with Crippen LogP contribution in [0.2, 0.25) is 0 Å². The van der Waals surface area contributed by atoms with Gasteiger partial charge in [-0.05, 0) is 139 Å². The molecule has 7 rings (SSSR count). The van der Waals surface area contributed by atoms with Gasteiger partial charge in [-0.25, -0.2) is 0 Å². The predicted octanol–water partition coefficient (Wildman–Crippen LogP) is 4.95. The van der Waals surface area contributed by atoms with E-state index in [1.54, 1.807) is 6.92 Å². The van der Waals surface area contributed by atoms with Gasteiger partial charge in [0.2, 0.25) is 70.9 Å². The van der Waals surface area contributed by atoms with Crippen LogP contribution >= 0.6 is 11.6 Å². The number of amides is 12. The fraction of sp³-hybridized carbons (Fsp3) is 0.836. The molecule has 0 bridgehead atoms. The molecule has 4 saturated heterocycles. The van der Waals surface area contributed by atoms with Crippen molar-refractivity contribution >= 4 is 82.5 Å². The van der Waals surface area contributed by atoms with Crippen LogP contribution in [0.15, 0.2) is 0 Å². The number of carbonyl (C=O) groups excluding carboxylic acids is 12. The number of carbonyl (C=O) groups is 12. The molecule has 4 heterocycles. The van der Waals surface area contributed by atoms with Crippen molar-refractivity contribution in [1.82, 2.24) is 60.0 Å². The lowest BCUT2D eigenvalue weighted by atomic mass is 9.74. The molecule has 7 fully saturated rings. The molecule has 12 amide bonds. The average Bonchev–Trinajstić information content (AvgIpc) is 1.39. The summed E-state index contributed by atoms with van der Waals surface area (Å²) in [6.45, 7) is 14.8. The van der Waals surface area contributed by atoms with E-state index in [9.17, 15) is 32.3 Å². The fourth-order valence-corrected chi connectivity index (χ4v) is 16.4. The van der Waals surface area contributed by atoms with Crippen LogP contribution in [0.1, 0.15) is 184 Å². The van der Waals surface area contributed by atoms with Crippen LogP contribution in [0.3, 0.4) is 0 Å². The smallest absolute Gasteiger partial charge is 0.379 e. The number of nitrogens with zero attached hydrogens (tertiary/aromatic N) is 9. The molecule has 0 radical (unpaired) electrons. The molecule has 7 aliphatic rings. The number of ether oxygens (including phenoxy) is 2. The first-order valence-electron chi connectivity index (χ1n) is 37.9. The molecule has 0 aromatic rings. The third-order valence-electron chi connectivity index (χ3n) is 23.0. The Balaban J connectivity index is 1.29. The SMILES string of the molecule is CCCN1C(=O)[C@@H]2CCN2C(=O)[C@H](C)N(C)C(=O)[C@H]([C@@H](C)CC)NC(=O)[C@H](CC(C)C)N(C)C(=O)C[C@@H](C(=O)N2CCOCC2)N(C)C(=O)[C@H](C2CCCC2)N(C)C(=O)C2(CCC2)NC(=O)[C@@H]2CCCN2C(=O)[C@H](CCC2CCC(C(F)(F)F)C(Cl)C2)NC(=O)CN(C)C(=O)[C@@H]1COCCC(C)C. The Morgan fingerprint density at radius 2 is 1.34 bits per heavy atom. The summed E-state index contributed by atoms with van der Waals surface area (Å²) >= 11 is 6.41. The van der Waals surface area contributed by atoms with Gasteiger partial charge in [0.15, 0.2) is 0 Å². The van der Waals surface area contributed by atoms with Gasteiger partial charge in [-0.3, -0.25) is 57.5 Å². The van der Waals surface area contributed by atoms with Gasteiger partial charge in [-0.2, -0.15) is 13.2 Å². The average molecular weight is 1480 g/mol. The Morgan fingerprint density at radius 1 is 0.680 bits per heavy atom. The molecule has 0 aromatic heterocycles. The maximum absolute atomic E-state index is 15.7. The second-order valence-corrected chi connectivity index (χ2v) is 31.7. The molecule has 3 N–H and O–H groups in total. The van der Waals surface area contributed by atoms with Gasteiger partial charge in [-0.1, -0.05) is 67.7 Å². The van der Waals surface area contributed by atoms with Gasteiger partial charge >= 0.3 is 6.18 Å². The Hall–Kier alpha value is -6.36. The molecule has 3 aliphatic carbocycles. The second kappa shape index (κ2) is 37.3. The Labute approximate surface area is 611 Å². The highest BCUT2D eigenvalue weighted by Crippen LogP contribution is 2.44. The summed E-state index contributed by atoms with van der Waals surface area (Å²) < 4.78 is 53.8. The first kappa shape index (κ1) is 83.9. The maximum atomic E-state index is 15.7. The lowest BCUT2D eigenvalue weighted by Crippen LogP contribution is -2.68. The molecule has 30 heteroatoms. The van der Waals surface area contributed by atoms with Crippen molar-refractivity contribution < 1.29 is 80.2 Å². The highest BCUT2D eigenvalue weighted by atomic mass is 35.5.